The lowest BCUT2D eigenvalue weighted by Crippen LogP contribution is -2.35. The number of carbonyl (C=O) groups excluding carboxylic acids is 1. The Bertz CT molecular complexity index is 939. The zero-order valence-electron chi connectivity index (χ0n) is 16.8. The zero-order chi connectivity index (χ0) is 20.9. The quantitative estimate of drug-likeness (QED) is 0.714. The molecule has 0 saturated carbocycles. The topological polar surface area (TPSA) is 78.9 Å². The van der Waals surface area contributed by atoms with Gasteiger partial charge in [-0.05, 0) is 68.4 Å². The molecular formula is C21H27N3O4S. The summed E-state index contributed by atoms with van der Waals surface area (Å²) in [5.41, 5.74) is 0.775. The minimum atomic E-state index is -3.81. The molecule has 2 aromatic carbocycles. The van der Waals surface area contributed by atoms with Crippen LogP contribution in [0.15, 0.2) is 53.4 Å². The van der Waals surface area contributed by atoms with Crippen molar-refractivity contribution in [1.29, 1.82) is 0 Å². The number of methoxy groups -OCH3 is 1. The Morgan fingerprint density at radius 1 is 1.14 bits per heavy atom. The maximum atomic E-state index is 12.7. The van der Waals surface area contributed by atoms with E-state index in [0.29, 0.717) is 23.5 Å². The number of nitrogens with one attached hydrogen (secondary N) is 1. The second-order valence-corrected chi connectivity index (χ2v) is 8.82. The number of likely N-dealkylation sites (N-methyl/N-ethyl adjacent to an activating group) is 1. The van der Waals surface area contributed by atoms with Crippen LogP contribution in [0.25, 0.3) is 0 Å². The first kappa shape index (κ1) is 21.1. The first-order valence-electron chi connectivity index (χ1n) is 9.64. The number of carbonyl (C=O) groups is 1. The first-order valence-corrected chi connectivity index (χ1v) is 11.1. The Balaban J connectivity index is 1.68. The van der Waals surface area contributed by atoms with Crippen LogP contribution in [0.1, 0.15) is 23.2 Å². The van der Waals surface area contributed by atoms with E-state index < -0.39 is 10.0 Å². The minimum absolute atomic E-state index is 0.0483. The number of nitrogens with zero attached hydrogens (tertiary/aromatic N) is 2. The molecule has 1 N–H and O–H groups in total. The summed E-state index contributed by atoms with van der Waals surface area (Å²) in [7, 11) is -0.519. The van der Waals surface area contributed by atoms with E-state index in [1.165, 1.54) is 25.0 Å². The molecule has 2 aromatic rings. The molecule has 1 fully saturated rings. The van der Waals surface area contributed by atoms with E-state index in [9.17, 15) is 13.2 Å². The number of likely N-dealkylation sites (tertiary alicyclic amines) is 1. The van der Waals surface area contributed by atoms with Crippen LogP contribution in [0.5, 0.6) is 5.75 Å². The number of ether oxygens (including phenoxy) is 1. The average Bonchev–Trinajstić information content (AvgIpc) is 3.25. The van der Waals surface area contributed by atoms with Gasteiger partial charge >= 0.3 is 0 Å². The number of anilines is 1. The summed E-state index contributed by atoms with van der Waals surface area (Å²) in [5.74, 6) is 0.447. The highest BCUT2D eigenvalue weighted by Gasteiger charge is 2.19. The fourth-order valence-electron chi connectivity index (χ4n) is 3.29. The second kappa shape index (κ2) is 9.28. The molecule has 0 atom stereocenters. The highest BCUT2D eigenvalue weighted by atomic mass is 32.2. The van der Waals surface area contributed by atoms with Crippen molar-refractivity contribution in [2.24, 2.45) is 0 Å². The summed E-state index contributed by atoms with van der Waals surface area (Å²) in [4.78, 5) is 16.8. The van der Waals surface area contributed by atoms with E-state index in [1.807, 2.05) is 0 Å². The van der Waals surface area contributed by atoms with Crippen LogP contribution in [-0.2, 0) is 10.0 Å². The predicted molar refractivity (Wildman–Crippen MR) is 113 cm³/mol. The fourth-order valence-corrected chi connectivity index (χ4v) is 4.39. The minimum Gasteiger partial charge on any atom is -0.497 e. The normalized spacial score (nSPS) is 14.6. The van der Waals surface area contributed by atoms with Crippen LogP contribution >= 0.6 is 0 Å². The Morgan fingerprint density at radius 2 is 1.83 bits per heavy atom. The number of amides is 1. The van der Waals surface area contributed by atoms with Crippen LogP contribution in [0.3, 0.4) is 0 Å². The highest BCUT2D eigenvalue weighted by Crippen LogP contribution is 2.20. The molecule has 0 aliphatic carbocycles. The van der Waals surface area contributed by atoms with Gasteiger partial charge in [-0.1, -0.05) is 6.07 Å². The number of sulfonamides is 1. The van der Waals surface area contributed by atoms with E-state index in [0.717, 1.165) is 19.6 Å². The lowest BCUT2D eigenvalue weighted by molar-refractivity contribution is 0.0782. The van der Waals surface area contributed by atoms with Gasteiger partial charge in [-0.25, -0.2) is 8.42 Å². The summed E-state index contributed by atoms with van der Waals surface area (Å²) < 4.78 is 33.1. The van der Waals surface area contributed by atoms with Crippen LogP contribution in [0.2, 0.25) is 0 Å². The van der Waals surface area contributed by atoms with E-state index >= 15 is 0 Å². The third-order valence-electron chi connectivity index (χ3n) is 5.03. The van der Waals surface area contributed by atoms with Gasteiger partial charge in [0.05, 0.1) is 12.0 Å². The molecule has 1 aliphatic heterocycles. The SMILES string of the molecule is COc1ccc(NS(=O)(=O)c2cccc(C(=O)N(C)CCN3CCCC3)c2)cc1. The van der Waals surface area contributed by atoms with Crippen LogP contribution in [0, 0.1) is 0 Å². The Morgan fingerprint density at radius 3 is 2.48 bits per heavy atom. The zero-order valence-corrected chi connectivity index (χ0v) is 17.6. The Hall–Kier alpha value is -2.58. The third-order valence-corrected chi connectivity index (χ3v) is 6.41. The smallest absolute Gasteiger partial charge is 0.261 e. The summed E-state index contributed by atoms with van der Waals surface area (Å²) >= 11 is 0. The molecule has 0 aromatic heterocycles. The molecule has 3 rings (SSSR count). The predicted octanol–water partition coefficient (Wildman–Crippen LogP) is 2.66. The summed E-state index contributed by atoms with van der Waals surface area (Å²) in [5, 5.41) is 0. The molecule has 156 valence electrons. The van der Waals surface area contributed by atoms with Gasteiger partial charge in [-0.15, -0.1) is 0 Å². The fraction of sp³-hybridized carbons (Fsp3) is 0.381. The van der Waals surface area contributed by atoms with Crippen molar-refractivity contribution in [2.75, 3.05) is 45.1 Å². The van der Waals surface area contributed by atoms with Crippen molar-refractivity contribution < 1.29 is 17.9 Å². The summed E-state index contributed by atoms with van der Waals surface area (Å²) in [6.07, 6.45) is 2.41. The van der Waals surface area contributed by atoms with Gasteiger partial charge in [0.1, 0.15) is 5.75 Å². The van der Waals surface area contributed by atoms with E-state index in [1.54, 1.807) is 55.5 Å². The van der Waals surface area contributed by atoms with E-state index in [-0.39, 0.29) is 10.8 Å². The second-order valence-electron chi connectivity index (χ2n) is 7.14. The molecule has 1 heterocycles. The van der Waals surface area contributed by atoms with Crippen molar-refractivity contribution in [3.8, 4) is 5.75 Å². The van der Waals surface area contributed by atoms with E-state index in [4.69, 9.17) is 4.74 Å². The third kappa shape index (κ3) is 5.48. The maximum Gasteiger partial charge on any atom is 0.261 e. The van der Waals surface area contributed by atoms with Crippen molar-refractivity contribution >= 4 is 21.6 Å². The molecule has 7 nitrogen and oxygen atoms in total. The molecular weight excluding hydrogens is 390 g/mol. The van der Waals surface area contributed by atoms with Gasteiger partial charge in [-0.3, -0.25) is 9.52 Å². The van der Waals surface area contributed by atoms with Crippen molar-refractivity contribution in [3.05, 3.63) is 54.1 Å². The number of benzene rings is 2. The summed E-state index contributed by atoms with van der Waals surface area (Å²) in [6.45, 7) is 3.60. The van der Waals surface area contributed by atoms with Crippen LogP contribution in [0.4, 0.5) is 5.69 Å². The van der Waals surface area contributed by atoms with Gasteiger partial charge in [0.25, 0.3) is 15.9 Å². The monoisotopic (exact) mass is 417 g/mol. The van der Waals surface area contributed by atoms with Gasteiger partial charge in [0.15, 0.2) is 0 Å². The van der Waals surface area contributed by atoms with Gasteiger partial charge in [0, 0.05) is 31.4 Å². The molecule has 1 saturated heterocycles. The standard InChI is InChI=1S/C21H27N3O4S/c1-23(14-15-24-12-3-4-13-24)21(25)17-6-5-7-20(16-17)29(26,27)22-18-8-10-19(28-2)11-9-18/h5-11,16,22H,3-4,12-15H2,1-2H3. The number of hydrogen-bond acceptors (Lipinski definition) is 5. The summed E-state index contributed by atoms with van der Waals surface area (Å²) in [6, 6.07) is 12.7. The molecule has 29 heavy (non-hydrogen) atoms. The molecule has 8 heteroatoms. The van der Waals surface area contributed by atoms with Gasteiger partial charge in [0.2, 0.25) is 0 Å². The van der Waals surface area contributed by atoms with Gasteiger partial charge in [-0.2, -0.15) is 0 Å². The van der Waals surface area contributed by atoms with Crippen molar-refractivity contribution in [1.82, 2.24) is 9.80 Å². The number of rotatable bonds is 8. The first-order chi connectivity index (χ1) is 13.9. The molecule has 0 unspecified atom stereocenters. The molecule has 0 spiro atoms. The highest BCUT2D eigenvalue weighted by molar-refractivity contribution is 7.92. The van der Waals surface area contributed by atoms with Crippen LogP contribution in [-0.4, -0.2) is 64.5 Å². The number of hydrogen-bond donors (Lipinski definition) is 1. The molecule has 0 radical (unpaired) electrons. The molecule has 1 amide bonds. The van der Waals surface area contributed by atoms with Crippen molar-refractivity contribution in [3.63, 3.8) is 0 Å². The lowest BCUT2D eigenvalue weighted by atomic mass is 10.2. The van der Waals surface area contributed by atoms with Crippen LogP contribution < -0.4 is 9.46 Å². The lowest BCUT2D eigenvalue weighted by Gasteiger charge is -2.21. The van der Waals surface area contributed by atoms with E-state index in [2.05, 4.69) is 9.62 Å². The van der Waals surface area contributed by atoms with Gasteiger partial charge < -0.3 is 14.5 Å². The van der Waals surface area contributed by atoms with Crippen molar-refractivity contribution in [2.45, 2.75) is 17.7 Å². The Labute approximate surface area is 172 Å². The molecule has 1 aliphatic rings. The maximum absolute atomic E-state index is 12.7. The molecule has 0 bridgehead atoms. The average molecular weight is 418 g/mol. The Kier molecular flexibility index (Phi) is 6.76. The largest absolute Gasteiger partial charge is 0.497 e.